The molecule has 1 nitrogen and oxygen atoms in total. The van der Waals surface area contributed by atoms with Gasteiger partial charge in [0.05, 0.1) is 0 Å². The predicted octanol–water partition coefficient (Wildman–Crippen LogP) is 5.23. The van der Waals surface area contributed by atoms with Gasteiger partial charge in [0.2, 0.25) is 0 Å². The van der Waals surface area contributed by atoms with Gasteiger partial charge in [0.15, 0.2) is 5.78 Å². The van der Waals surface area contributed by atoms with Crippen LogP contribution in [0.25, 0.3) is 0 Å². The Balaban J connectivity index is 2.21. The van der Waals surface area contributed by atoms with Crippen LogP contribution in [0.5, 0.6) is 0 Å². The minimum atomic E-state index is 0.0293. The van der Waals surface area contributed by atoms with Crippen LogP contribution in [0.4, 0.5) is 0 Å². The molecule has 0 spiro atoms. The summed E-state index contributed by atoms with van der Waals surface area (Å²) in [5.41, 5.74) is 1.98. The standard InChI is InChI=1S/C16H21ClO/c1-11(2)16(18)13-8-9-14(15(17)10-13)12-6-4-3-5-7-12/h8-12H,3-7H2,1-2H3. The first-order chi connectivity index (χ1) is 8.59. The van der Waals surface area contributed by atoms with E-state index < -0.39 is 0 Å². The molecular formula is C16H21ClO. The largest absolute Gasteiger partial charge is 0.294 e. The van der Waals surface area contributed by atoms with Gasteiger partial charge < -0.3 is 0 Å². The van der Waals surface area contributed by atoms with Crippen molar-refractivity contribution in [2.75, 3.05) is 0 Å². The van der Waals surface area contributed by atoms with Gasteiger partial charge >= 0.3 is 0 Å². The van der Waals surface area contributed by atoms with Crippen LogP contribution < -0.4 is 0 Å². The van der Waals surface area contributed by atoms with E-state index in [1.807, 2.05) is 26.0 Å². The number of ketones is 1. The first-order valence-electron chi connectivity index (χ1n) is 6.93. The van der Waals surface area contributed by atoms with Crippen LogP contribution in [-0.2, 0) is 0 Å². The van der Waals surface area contributed by atoms with E-state index in [2.05, 4.69) is 6.07 Å². The van der Waals surface area contributed by atoms with E-state index in [0.29, 0.717) is 5.92 Å². The van der Waals surface area contributed by atoms with Crippen molar-refractivity contribution in [1.29, 1.82) is 0 Å². The molecule has 0 heterocycles. The summed E-state index contributed by atoms with van der Waals surface area (Å²) in [5.74, 6) is 0.795. The number of Topliss-reactive ketones (excluding diaryl/α,β-unsaturated/α-hetero) is 1. The van der Waals surface area contributed by atoms with E-state index in [0.717, 1.165) is 10.6 Å². The van der Waals surface area contributed by atoms with Gasteiger partial charge in [-0.15, -0.1) is 0 Å². The lowest BCUT2D eigenvalue weighted by Crippen LogP contribution is -2.09. The van der Waals surface area contributed by atoms with Crippen LogP contribution >= 0.6 is 11.6 Å². The zero-order valence-electron chi connectivity index (χ0n) is 11.2. The minimum absolute atomic E-state index is 0.0293. The van der Waals surface area contributed by atoms with Crippen molar-refractivity contribution < 1.29 is 4.79 Å². The van der Waals surface area contributed by atoms with Gasteiger partial charge in [-0.2, -0.15) is 0 Å². The molecule has 1 fully saturated rings. The minimum Gasteiger partial charge on any atom is -0.294 e. The van der Waals surface area contributed by atoms with E-state index in [1.54, 1.807) is 0 Å². The van der Waals surface area contributed by atoms with Gasteiger partial charge in [-0.1, -0.05) is 56.8 Å². The molecule has 1 aliphatic carbocycles. The lowest BCUT2D eigenvalue weighted by molar-refractivity contribution is 0.0939. The number of halogens is 1. The molecule has 1 aromatic rings. The molecule has 2 heteroatoms. The molecule has 0 bridgehead atoms. The van der Waals surface area contributed by atoms with Gasteiger partial charge in [-0.3, -0.25) is 4.79 Å². The van der Waals surface area contributed by atoms with Crippen LogP contribution in [0.1, 0.15) is 67.8 Å². The predicted molar refractivity (Wildman–Crippen MR) is 76.4 cm³/mol. The molecule has 0 aliphatic heterocycles. The summed E-state index contributed by atoms with van der Waals surface area (Å²) in [7, 11) is 0. The molecule has 18 heavy (non-hydrogen) atoms. The summed E-state index contributed by atoms with van der Waals surface area (Å²) < 4.78 is 0. The van der Waals surface area contributed by atoms with Gasteiger partial charge in [0.1, 0.15) is 0 Å². The Morgan fingerprint density at radius 1 is 1.22 bits per heavy atom. The summed E-state index contributed by atoms with van der Waals surface area (Å²) in [5, 5.41) is 0.772. The first kappa shape index (κ1) is 13.6. The Hall–Kier alpha value is -0.820. The van der Waals surface area contributed by atoms with Crippen molar-refractivity contribution in [2.45, 2.75) is 51.9 Å². The van der Waals surface area contributed by atoms with E-state index in [9.17, 15) is 4.79 Å². The number of hydrogen-bond acceptors (Lipinski definition) is 1. The van der Waals surface area contributed by atoms with Crippen molar-refractivity contribution in [3.63, 3.8) is 0 Å². The Morgan fingerprint density at radius 3 is 2.44 bits per heavy atom. The molecule has 1 aliphatic rings. The van der Waals surface area contributed by atoms with Crippen molar-refractivity contribution in [2.24, 2.45) is 5.92 Å². The van der Waals surface area contributed by atoms with Gasteiger partial charge in [0, 0.05) is 16.5 Å². The maximum atomic E-state index is 11.9. The molecule has 1 aromatic carbocycles. The summed E-state index contributed by atoms with van der Waals surface area (Å²) in [4.78, 5) is 11.9. The van der Waals surface area contributed by atoms with Crippen molar-refractivity contribution in [3.05, 3.63) is 34.3 Å². The highest BCUT2D eigenvalue weighted by molar-refractivity contribution is 6.31. The van der Waals surface area contributed by atoms with E-state index in [4.69, 9.17) is 11.6 Å². The van der Waals surface area contributed by atoms with Crippen LogP contribution in [0, 0.1) is 5.92 Å². The lowest BCUT2D eigenvalue weighted by Gasteiger charge is -2.23. The number of carbonyl (C=O) groups is 1. The Kier molecular flexibility index (Phi) is 4.45. The number of carbonyl (C=O) groups excluding carboxylic acids is 1. The molecule has 98 valence electrons. The monoisotopic (exact) mass is 264 g/mol. The summed E-state index contributed by atoms with van der Waals surface area (Å²) in [6.07, 6.45) is 6.41. The Labute approximate surface area is 115 Å². The molecule has 0 N–H and O–H groups in total. The first-order valence-corrected chi connectivity index (χ1v) is 7.31. The molecule has 1 saturated carbocycles. The van der Waals surface area contributed by atoms with Crippen LogP contribution in [0.3, 0.4) is 0 Å². The molecule has 0 atom stereocenters. The summed E-state index contributed by atoms with van der Waals surface area (Å²) in [6.45, 7) is 3.84. The maximum absolute atomic E-state index is 11.9. The van der Waals surface area contributed by atoms with Crippen LogP contribution in [0.15, 0.2) is 18.2 Å². The number of benzene rings is 1. The van der Waals surface area contributed by atoms with Crippen molar-refractivity contribution in [3.8, 4) is 0 Å². The summed E-state index contributed by atoms with van der Waals surface area (Å²) >= 11 is 6.36. The second kappa shape index (κ2) is 5.88. The van der Waals surface area contributed by atoms with Gasteiger partial charge in [0.25, 0.3) is 0 Å². The molecule has 0 aromatic heterocycles. The zero-order chi connectivity index (χ0) is 13.1. The fraction of sp³-hybridized carbons (Fsp3) is 0.562. The number of rotatable bonds is 3. The second-order valence-electron chi connectivity index (χ2n) is 5.59. The lowest BCUT2D eigenvalue weighted by atomic mass is 9.83. The zero-order valence-corrected chi connectivity index (χ0v) is 12.0. The third-order valence-corrected chi connectivity index (χ3v) is 4.18. The highest BCUT2D eigenvalue weighted by Crippen LogP contribution is 2.36. The molecular weight excluding hydrogens is 244 g/mol. The highest BCUT2D eigenvalue weighted by Gasteiger charge is 2.19. The molecule has 0 amide bonds. The number of hydrogen-bond donors (Lipinski definition) is 0. The molecule has 0 radical (unpaired) electrons. The fourth-order valence-corrected chi connectivity index (χ4v) is 3.09. The smallest absolute Gasteiger partial charge is 0.165 e. The van der Waals surface area contributed by atoms with Crippen LogP contribution in [-0.4, -0.2) is 5.78 Å². The van der Waals surface area contributed by atoms with Gasteiger partial charge in [-0.05, 0) is 30.4 Å². The van der Waals surface area contributed by atoms with E-state index in [-0.39, 0.29) is 11.7 Å². The average Bonchev–Trinajstić information content (AvgIpc) is 2.38. The van der Waals surface area contributed by atoms with E-state index in [1.165, 1.54) is 37.7 Å². The van der Waals surface area contributed by atoms with E-state index >= 15 is 0 Å². The fourth-order valence-electron chi connectivity index (χ4n) is 2.76. The third-order valence-electron chi connectivity index (χ3n) is 3.85. The SMILES string of the molecule is CC(C)C(=O)c1ccc(C2CCCCC2)c(Cl)c1. The molecule has 0 saturated heterocycles. The highest BCUT2D eigenvalue weighted by atomic mass is 35.5. The average molecular weight is 265 g/mol. The quantitative estimate of drug-likeness (QED) is 0.684. The van der Waals surface area contributed by atoms with Crippen molar-refractivity contribution in [1.82, 2.24) is 0 Å². The Bertz CT molecular complexity index is 431. The topological polar surface area (TPSA) is 17.1 Å². The second-order valence-corrected chi connectivity index (χ2v) is 6.00. The molecule has 0 unspecified atom stereocenters. The maximum Gasteiger partial charge on any atom is 0.165 e. The van der Waals surface area contributed by atoms with Crippen molar-refractivity contribution >= 4 is 17.4 Å². The molecule has 2 rings (SSSR count). The normalized spacial score (nSPS) is 17.1. The van der Waals surface area contributed by atoms with Gasteiger partial charge in [-0.25, -0.2) is 0 Å². The Morgan fingerprint density at radius 2 is 1.89 bits per heavy atom. The third kappa shape index (κ3) is 2.95. The van der Waals surface area contributed by atoms with Crippen LogP contribution in [0.2, 0.25) is 5.02 Å². The summed E-state index contributed by atoms with van der Waals surface area (Å²) in [6, 6.07) is 5.86.